The molecule has 2 aromatic rings. The summed E-state index contributed by atoms with van der Waals surface area (Å²) in [6.45, 7) is 4.60. The second kappa shape index (κ2) is 7.80. The number of rotatable bonds is 5. The van der Waals surface area contributed by atoms with Crippen molar-refractivity contribution in [3.05, 3.63) is 64.2 Å². The molecule has 2 aromatic carbocycles. The lowest BCUT2D eigenvalue weighted by Gasteiger charge is -2.15. The van der Waals surface area contributed by atoms with Crippen molar-refractivity contribution in [2.24, 2.45) is 5.92 Å². The zero-order valence-electron chi connectivity index (χ0n) is 15.1. The van der Waals surface area contributed by atoms with Crippen LogP contribution in [0, 0.1) is 5.92 Å². The first kappa shape index (κ1) is 18.9. The van der Waals surface area contributed by atoms with Gasteiger partial charge >= 0.3 is 6.03 Å². The minimum absolute atomic E-state index is 0.184. The summed E-state index contributed by atoms with van der Waals surface area (Å²) in [6, 6.07) is 11.5. The maximum atomic E-state index is 12.5. The normalized spacial score (nSPS) is 13.1. The number of halogens is 1. The van der Waals surface area contributed by atoms with E-state index in [9.17, 15) is 14.4 Å². The number of anilines is 1. The van der Waals surface area contributed by atoms with Crippen molar-refractivity contribution in [2.75, 3.05) is 11.9 Å². The Labute approximate surface area is 162 Å². The predicted octanol–water partition coefficient (Wildman–Crippen LogP) is 3.91. The average molecular weight is 386 g/mol. The van der Waals surface area contributed by atoms with Crippen LogP contribution >= 0.6 is 11.6 Å². The molecule has 0 unspecified atom stereocenters. The van der Waals surface area contributed by atoms with Crippen LogP contribution < -0.4 is 10.6 Å². The maximum Gasteiger partial charge on any atom is 0.319 e. The molecule has 27 heavy (non-hydrogen) atoms. The number of nitrogens with zero attached hydrogens (tertiary/aromatic N) is 1. The van der Waals surface area contributed by atoms with Crippen molar-refractivity contribution in [2.45, 2.75) is 20.4 Å². The third-order valence-electron chi connectivity index (χ3n) is 4.14. The smallest absolute Gasteiger partial charge is 0.319 e. The molecule has 140 valence electrons. The lowest BCUT2D eigenvalue weighted by molar-refractivity contribution is 0.0636. The molecule has 1 aliphatic heterocycles. The fourth-order valence-electron chi connectivity index (χ4n) is 2.86. The van der Waals surface area contributed by atoms with Gasteiger partial charge in [-0.2, -0.15) is 0 Å². The summed E-state index contributed by atoms with van der Waals surface area (Å²) in [5.74, 6) is -0.431. The molecule has 0 fully saturated rings. The lowest BCUT2D eigenvalue weighted by atomic mass is 10.1. The monoisotopic (exact) mass is 385 g/mol. The third kappa shape index (κ3) is 4.28. The Morgan fingerprint density at radius 1 is 1.04 bits per heavy atom. The molecule has 0 spiro atoms. The van der Waals surface area contributed by atoms with E-state index in [1.165, 1.54) is 11.0 Å². The number of benzene rings is 2. The molecule has 0 radical (unpaired) electrons. The number of carbonyl (C=O) groups is 3. The number of hydrogen-bond donors (Lipinski definition) is 2. The molecule has 4 amide bonds. The number of nitrogens with one attached hydrogen (secondary N) is 2. The van der Waals surface area contributed by atoms with Crippen LogP contribution in [-0.4, -0.2) is 29.3 Å². The van der Waals surface area contributed by atoms with Gasteiger partial charge in [-0.1, -0.05) is 37.6 Å². The number of fused-ring (bicyclic) bond motifs is 1. The molecule has 0 aromatic heterocycles. The van der Waals surface area contributed by atoms with Crippen LogP contribution in [0.2, 0.25) is 5.02 Å². The molecule has 0 atom stereocenters. The fraction of sp³-hybridized carbons (Fsp3) is 0.250. The highest BCUT2D eigenvalue weighted by Gasteiger charge is 2.35. The number of amides is 4. The van der Waals surface area contributed by atoms with Gasteiger partial charge < -0.3 is 10.6 Å². The molecule has 0 saturated carbocycles. The van der Waals surface area contributed by atoms with Gasteiger partial charge in [0.25, 0.3) is 11.8 Å². The number of imide groups is 1. The Morgan fingerprint density at radius 2 is 1.70 bits per heavy atom. The summed E-state index contributed by atoms with van der Waals surface area (Å²) in [5.41, 5.74) is 2.05. The second-order valence-corrected chi connectivity index (χ2v) is 7.25. The molecule has 0 aliphatic carbocycles. The van der Waals surface area contributed by atoms with Gasteiger partial charge in [-0.3, -0.25) is 14.5 Å². The minimum atomic E-state index is -0.402. The Bertz CT molecular complexity index is 894. The van der Waals surface area contributed by atoms with Crippen molar-refractivity contribution in [1.82, 2.24) is 10.2 Å². The predicted molar refractivity (Wildman–Crippen MR) is 104 cm³/mol. The molecular formula is C20H20ClN3O3. The third-order valence-corrected chi connectivity index (χ3v) is 4.39. The van der Waals surface area contributed by atoms with E-state index in [-0.39, 0.29) is 17.7 Å². The van der Waals surface area contributed by atoms with Gasteiger partial charge in [-0.25, -0.2) is 4.79 Å². The Kier molecular flexibility index (Phi) is 5.46. The molecule has 1 aliphatic rings. The molecule has 2 N–H and O–H groups in total. The van der Waals surface area contributed by atoms with Crippen LogP contribution in [0.25, 0.3) is 0 Å². The van der Waals surface area contributed by atoms with Gasteiger partial charge in [-0.05, 0) is 41.8 Å². The Morgan fingerprint density at radius 3 is 2.37 bits per heavy atom. The quantitative estimate of drug-likeness (QED) is 0.766. The zero-order valence-corrected chi connectivity index (χ0v) is 15.8. The topological polar surface area (TPSA) is 78.5 Å². The van der Waals surface area contributed by atoms with Crippen LogP contribution in [0.5, 0.6) is 0 Å². The van der Waals surface area contributed by atoms with Gasteiger partial charge in [0.05, 0.1) is 11.1 Å². The van der Waals surface area contributed by atoms with Crippen LogP contribution in [0.4, 0.5) is 10.5 Å². The van der Waals surface area contributed by atoms with E-state index in [1.54, 1.807) is 24.3 Å². The molecule has 7 heteroatoms. The first-order chi connectivity index (χ1) is 12.8. The number of urea groups is 1. The summed E-state index contributed by atoms with van der Waals surface area (Å²) >= 11 is 5.83. The Balaban J connectivity index is 1.65. The summed E-state index contributed by atoms with van der Waals surface area (Å²) in [5, 5.41) is 6.05. The summed E-state index contributed by atoms with van der Waals surface area (Å²) < 4.78 is 0. The molecule has 3 rings (SSSR count). The first-order valence-corrected chi connectivity index (χ1v) is 9.02. The van der Waals surface area contributed by atoms with Crippen LogP contribution in [-0.2, 0) is 6.54 Å². The average Bonchev–Trinajstić information content (AvgIpc) is 2.85. The highest BCUT2D eigenvalue weighted by atomic mass is 35.5. The molecular weight excluding hydrogens is 366 g/mol. The summed E-state index contributed by atoms with van der Waals surface area (Å²) in [7, 11) is 0. The highest BCUT2D eigenvalue weighted by molar-refractivity contribution is 6.30. The van der Waals surface area contributed by atoms with E-state index in [0.29, 0.717) is 34.9 Å². The van der Waals surface area contributed by atoms with Gasteiger partial charge in [-0.15, -0.1) is 0 Å². The lowest BCUT2D eigenvalue weighted by Crippen LogP contribution is -2.33. The maximum absolute atomic E-state index is 12.5. The SMILES string of the molecule is CC(C)CN1C(=O)c2ccc(NC(=O)NCc3ccc(Cl)cc3)cc2C1=O. The van der Waals surface area contributed by atoms with Crippen molar-refractivity contribution in [3.63, 3.8) is 0 Å². The summed E-state index contributed by atoms with van der Waals surface area (Å²) in [4.78, 5) is 38.2. The van der Waals surface area contributed by atoms with Gasteiger partial charge in [0.1, 0.15) is 0 Å². The minimum Gasteiger partial charge on any atom is -0.334 e. The standard InChI is InChI=1S/C20H20ClN3O3/c1-12(2)11-24-18(25)16-8-7-15(9-17(16)19(24)26)23-20(27)22-10-13-3-5-14(21)6-4-13/h3-9,12H,10-11H2,1-2H3,(H2,22,23,27). The van der Waals surface area contributed by atoms with Crippen LogP contribution in [0.3, 0.4) is 0 Å². The van der Waals surface area contributed by atoms with E-state index in [1.807, 2.05) is 26.0 Å². The van der Waals surface area contributed by atoms with Crippen LogP contribution in [0.1, 0.15) is 40.1 Å². The largest absolute Gasteiger partial charge is 0.334 e. The van der Waals surface area contributed by atoms with E-state index in [0.717, 1.165) is 5.56 Å². The first-order valence-electron chi connectivity index (χ1n) is 8.64. The van der Waals surface area contributed by atoms with Crippen molar-refractivity contribution in [3.8, 4) is 0 Å². The fourth-order valence-corrected chi connectivity index (χ4v) is 2.99. The Hall–Kier alpha value is -2.86. The van der Waals surface area contributed by atoms with Gasteiger partial charge in [0.2, 0.25) is 0 Å². The molecule has 0 saturated heterocycles. The zero-order chi connectivity index (χ0) is 19.6. The number of hydrogen-bond acceptors (Lipinski definition) is 3. The van der Waals surface area contributed by atoms with Gasteiger partial charge in [0, 0.05) is 23.8 Å². The summed E-state index contributed by atoms with van der Waals surface area (Å²) in [6.07, 6.45) is 0. The van der Waals surface area contributed by atoms with E-state index >= 15 is 0 Å². The van der Waals surface area contributed by atoms with Gasteiger partial charge in [0.15, 0.2) is 0 Å². The van der Waals surface area contributed by atoms with Crippen molar-refractivity contribution < 1.29 is 14.4 Å². The van der Waals surface area contributed by atoms with E-state index in [2.05, 4.69) is 10.6 Å². The van der Waals surface area contributed by atoms with Crippen molar-refractivity contribution in [1.29, 1.82) is 0 Å². The van der Waals surface area contributed by atoms with Crippen LogP contribution in [0.15, 0.2) is 42.5 Å². The molecule has 6 nitrogen and oxygen atoms in total. The molecule has 1 heterocycles. The number of carbonyl (C=O) groups excluding carboxylic acids is 3. The highest BCUT2D eigenvalue weighted by Crippen LogP contribution is 2.26. The van der Waals surface area contributed by atoms with E-state index in [4.69, 9.17) is 11.6 Å². The molecule has 0 bridgehead atoms. The second-order valence-electron chi connectivity index (χ2n) is 6.81. The van der Waals surface area contributed by atoms with E-state index < -0.39 is 6.03 Å². The van der Waals surface area contributed by atoms with Crippen molar-refractivity contribution >= 4 is 35.1 Å².